The van der Waals surface area contributed by atoms with Crippen LogP contribution < -0.4 is 0 Å². The quantitative estimate of drug-likeness (QED) is 0.471. The molecule has 0 aromatic rings. The average molecular weight is 250 g/mol. The third kappa shape index (κ3) is 3.99. The van der Waals surface area contributed by atoms with Gasteiger partial charge in [0.1, 0.15) is 5.50 Å². The molecule has 0 saturated heterocycles. The highest BCUT2D eigenvalue weighted by Gasteiger charge is 2.32. The highest BCUT2D eigenvalue weighted by atomic mass is 35.5. The van der Waals surface area contributed by atoms with Gasteiger partial charge in [-0.15, -0.1) is 27.5 Å². The van der Waals surface area contributed by atoms with E-state index in [9.17, 15) is 8.42 Å². The molecular formula is C6H13Cl2NO3S. The minimum absolute atomic E-state index is 0.134. The maximum atomic E-state index is 10.8. The van der Waals surface area contributed by atoms with Crippen LogP contribution in [0.1, 0.15) is 20.8 Å². The van der Waals surface area contributed by atoms with Gasteiger partial charge >= 0.3 is 10.3 Å². The predicted molar refractivity (Wildman–Crippen MR) is 53.2 cm³/mol. The van der Waals surface area contributed by atoms with E-state index in [0.717, 1.165) is 0 Å². The van der Waals surface area contributed by atoms with Crippen molar-refractivity contribution in [3.05, 3.63) is 0 Å². The minimum Gasteiger partial charge on any atom is -0.273 e. The van der Waals surface area contributed by atoms with E-state index < -0.39 is 21.3 Å². The average Bonchev–Trinajstić information content (AvgIpc) is 1.82. The summed E-state index contributed by atoms with van der Waals surface area (Å²) >= 11 is 11.3. The van der Waals surface area contributed by atoms with Crippen LogP contribution in [0.2, 0.25) is 0 Å². The summed E-state index contributed by atoms with van der Waals surface area (Å²) in [5.74, 6) is -0.134. The number of hydrogen-bond acceptors (Lipinski definition) is 2. The van der Waals surface area contributed by atoms with E-state index >= 15 is 0 Å². The first-order valence-electron chi connectivity index (χ1n) is 3.72. The largest absolute Gasteiger partial charge is 0.338 e. The van der Waals surface area contributed by atoms with Gasteiger partial charge in [0.05, 0.1) is 5.50 Å². The van der Waals surface area contributed by atoms with Crippen molar-refractivity contribution in [2.75, 3.05) is 0 Å². The second-order valence-corrected chi connectivity index (χ2v) is 5.39. The maximum absolute atomic E-state index is 10.8. The number of nitrogens with zero attached hydrogens (tertiary/aromatic N) is 1. The molecule has 4 nitrogen and oxygen atoms in total. The molecule has 13 heavy (non-hydrogen) atoms. The normalized spacial score (nSPS) is 17.8. The van der Waals surface area contributed by atoms with Gasteiger partial charge in [0.2, 0.25) is 0 Å². The van der Waals surface area contributed by atoms with Gasteiger partial charge < -0.3 is 0 Å². The standard InChI is InChI=1S/C6H13Cl2NO3S/c1-4(2)6(8)9(5(3)7)13(10,11)12/h4-6H,1-3H3,(H,10,11,12). The fraction of sp³-hybridized carbons (Fsp3) is 1.00. The molecule has 1 N–H and O–H groups in total. The first-order chi connectivity index (χ1) is 5.68. The zero-order valence-corrected chi connectivity index (χ0v) is 9.94. The molecule has 2 atom stereocenters. The highest BCUT2D eigenvalue weighted by Crippen LogP contribution is 2.22. The Morgan fingerprint density at radius 3 is 1.69 bits per heavy atom. The van der Waals surface area contributed by atoms with Crippen LogP contribution in [0.25, 0.3) is 0 Å². The lowest BCUT2D eigenvalue weighted by molar-refractivity contribution is 0.289. The number of halogens is 2. The topological polar surface area (TPSA) is 57.6 Å². The first-order valence-corrected chi connectivity index (χ1v) is 5.99. The van der Waals surface area contributed by atoms with Crippen molar-refractivity contribution in [1.29, 1.82) is 0 Å². The van der Waals surface area contributed by atoms with Crippen molar-refractivity contribution in [2.24, 2.45) is 5.92 Å². The monoisotopic (exact) mass is 249 g/mol. The van der Waals surface area contributed by atoms with Crippen molar-refractivity contribution in [2.45, 2.75) is 31.8 Å². The van der Waals surface area contributed by atoms with Gasteiger partial charge in [0.25, 0.3) is 0 Å². The van der Waals surface area contributed by atoms with E-state index in [1.54, 1.807) is 13.8 Å². The van der Waals surface area contributed by atoms with Gasteiger partial charge in [-0.25, -0.2) is 0 Å². The van der Waals surface area contributed by atoms with Gasteiger partial charge in [0.15, 0.2) is 0 Å². The lowest BCUT2D eigenvalue weighted by Crippen LogP contribution is -2.43. The molecule has 0 fully saturated rings. The molecule has 0 amide bonds. The summed E-state index contributed by atoms with van der Waals surface area (Å²) in [6.45, 7) is 4.89. The van der Waals surface area contributed by atoms with E-state index in [1.807, 2.05) is 0 Å². The van der Waals surface area contributed by atoms with E-state index in [1.165, 1.54) is 6.92 Å². The number of hydrogen-bond donors (Lipinski definition) is 1. The Bertz CT molecular complexity index is 253. The van der Waals surface area contributed by atoms with Gasteiger partial charge in [-0.3, -0.25) is 4.55 Å². The molecule has 0 heterocycles. The van der Waals surface area contributed by atoms with E-state index in [-0.39, 0.29) is 5.92 Å². The zero-order valence-electron chi connectivity index (χ0n) is 7.61. The third-order valence-corrected chi connectivity index (χ3v) is 3.64. The fourth-order valence-electron chi connectivity index (χ4n) is 0.801. The van der Waals surface area contributed by atoms with E-state index in [0.29, 0.717) is 4.31 Å². The Labute approximate surface area is 88.7 Å². The molecule has 0 aliphatic heterocycles. The summed E-state index contributed by atoms with van der Waals surface area (Å²) in [5, 5.41) is 0. The summed E-state index contributed by atoms with van der Waals surface area (Å²) in [7, 11) is -4.34. The van der Waals surface area contributed by atoms with Crippen LogP contribution >= 0.6 is 23.2 Å². The summed E-state index contributed by atoms with van der Waals surface area (Å²) < 4.78 is 31.1. The molecule has 80 valence electrons. The number of alkyl halides is 2. The smallest absolute Gasteiger partial charge is 0.273 e. The molecule has 0 rings (SSSR count). The molecule has 0 aromatic carbocycles. The summed E-state index contributed by atoms with van der Waals surface area (Å²) in [6, 6.07) is 0. The minimum atomic E-state index is -4.34. The molecule has 0 radical (unpaired) electrons. The highest BCUT2D eigenvalue weighted by molar-refractivity contribution is 7.83. The van der Waals surface area contributed by atoms with Crippen LogP contribution in [0, 0.1) is 5.92 Å². The fourth-order valence-corrected chi connectivity index (χ4v) is 2.62. The van der Waals surface area contributed by atoms with Gasteiger partial charge in [-0.2, -0.15) is 8.42 Å². The Hall–Kier alpha value is 0.450. The second kappa shape index (κ2) is 4.79. The summed E-state index contributed by atoms with van der Waals surface area (Å²) in [6.07, 6.45) is 0. The maximum Gasteiger partial charge on any atom is 0.338 e. The van der Waals surface area contributed by atoms with Crippen molar-refractivity contribution < 1.29 is 13.0 Å². The molecule has 7 heteroatoms. The van der Waals surface area contributed by atoms with E-state index in [4.69, 9.17) is 27.8 Å². The van der Waals surface area contributed by atoms with Crippen molar-refractivity contribution in [3.8, 4) is 0 Å². The molecule has 0 aromatic heterocycles. The Morgan fingerprint density at radius 2 is 1.62 bits per heavy atom. The van der Waals surface area contributed by atoms with Crippen LogP contribution in [0.15, 0.2) is 0 Å². The second-order valence-electron chi connectivity index (χ2n) is 3.00. The van der Waals surface area contributed by atoms with Crippen LogP contribution in [0.4, 0.5) is 0 Å². The zero-order chi connectivity index (χ0) is 10.8. The number of rotatable bonds is 4. The van der Waals surface area contributed by atoms with Crippen molar-refractivity contribution in [1.82, 2.24) is 4.31 Å². The molecule has 0 bridgehead atoms. The Kier molecular flexibility index (Phi) is 4.96. The molecule has 0 aliphatic carbocycles. The SMILES string of the molecule is CC(C)C(Cl)N(C(C)Cl)S(=O)(=O)O. The molecule has 2 unspecified atom stereocenters. The van der Waals surface area contributed by atoms with Crippen molar-refractivity contribution in [3.63, 3.8) is 0 Å². The molecule has 0 aliphatic rings. The lowest BCUT2D eigenvalue weighted by atomic mass is 10.2. The van der Waals surface area contributed by atoms with Crippen molar-refractivity contribution >= 4 is 33.5 Å². The molecular weight excluding hydrogens is 237 g/mol. The third-order valence-electron chi connectivity index (χ3n) is 1.41. The molecule has 0 saturated carbocycles. The lowest BCUT2D eigenvalue weighted by Gasteiger charge is -2.28. The first kappa shape index (κ1) is 13.4. The summed E-state index contributed by atoms with van der Waals surface area (Å²) in [4.78, 5) is 0. The van der Waals surface area contributed by atoms with Gasteiger partial charge in [-0.1, -0.05) is 13.8 Å². The van der Waals surface area contributed by atoms with Crippen LogP contribution in [-0.2, 0) is 10.3 Å². The van der Waals surface area contributed by atoms with Crippen LogP contribution in [0.3, 0.4) is 0 Å². The van der Waals surface area contributed by atoms with Crippen LogP contribution in [-0.4, -0.2) is 28.3 Å². The Morgan fingerprint density at radius 1 is 1.23 bits per heavy atom. The molecule has 0 spiro atoms. The van der Waals surface area contributed by atoms with Crippen LogP contribution in [0.5, 0.6) is 0 Å². The van der Waals surface area contributed by atoms with Gasteiger partial charge in [-0.05, 0) is 12.8 Å². The van der Waals surface area contributed by atoms with E-state index in [2.05, 4.69) is 0 Å². The Balaban J connectivity index is 4.84. The summed E-state index contributed by atoms with van der Waals surface area (Å²) in [5.41, 5.74) is -1.72. The predicted octanol–water partition coefficient (Wildman–Crippen LogP) is 1.90. The van der Waals surface area contributed by atoms with Gasteiger partial charge in [0, 0.05) is 0 Å².